The molecule has 0 aliphatic carbocycles. The number of hydrogen-bond donors (Lipinski definition) is 0. The Morgan fingerprint density at radius 2 is 1.87 bits per heavy atom. The number of rotatable bonds is 6. The number of nitrogens with zero attached hydrogens (tertiary/aromatic N) is 3. The highest BCUT2D eigenvalue weighted by atomic mass is 79.9. The first-order valence-corrected chi connectivity index (χ1v) is 10.9. The zero-order valence-corrected chi connectivity index (χ0v) is 18.5. The number of carbonyl (C=O) groups excluding carboxylic acids is 1. The summed E-state index contributed by atoms with van der Waals surface area (Å²) in [5.41, 5.74) is 3.33. The van der Waals surface area contributed by atoms with Gasteiger partial charge >= 0.3 is 0 Å². The first kappa shape index (κ1) is 20.3. The van der Waals surface area contributed by atoms with Crippen molar-refractivity contribution in [2.75, 3.05) is 7.05 Å². The standard InChI is InChI=1S/C22H18BrN3O3S/c1-24(12-15-6-3-2-4-7-15)22(27)19-11-20-21(18(23)14-30-20)25(19)13-16-8-5-9-17(10-16)26(28)29/h2-11,14H,12-13H2,1H3. The summed E-state index contributed by atoms with van der Waals surface area (Å²) in [5, 5.41) is 13.1. The van der Waals surface area contributed by atoms with Gasteiger partial charge in [0.1, 0.15) is 5.69 Å². The average Bonchev–Trinajstić information content (AvgIpc) is 3.28. The molecule has 0 fully saturated rings. The first-order valence-electron chi connectivity index (χ1n) is 9.23. The van der Waals surface area contributed by atoms with Gasteiger partial charge < -0.3 is 9.47 Å². The van der Waals surface area contributed by atoms with Crippen LogP contribution in [0.3, 0.4) is 0 Å². The number of fused-ring (bicyclic) bond motifs is 1. The van der Waals surface area contributed by atoms with Crippen molar-refractivity contribution in [2.24, 2.45) is 0 Å². The summed E-state index contributed by atoms with van der Waals surface area (Å²) in [6.07, 6.45) is 0. The van der Waals surface area contributed by atoms with E-state index in [0.29, 0.717) is 18.8 Å². The number of hydrogen-bond acceptors (Lipinski definition) is 4. The SMILES string of the molecule is CN(Cc1ccccc1)C(=O)c1cc2scc(Br)c2n1Cc1cccc([N+](=O)[O-])c1. The fraction of sp³-hybridized carbons (Fsp3) is 0.136. The van der Waals surface area contributed by atoms with Gasteiger partial charge in [-0.25, -0.2) is 0 Å². The van der Waals surface area contributed by atoms with Crippen LogP contribution in [0.1, 0.15) is 21.6 Å². The van der Waals surface area contributed by atoms with Gasteiger partial charge in [0.25, 0.3) is 11.6 Å². The summed E-state index contributed by atoms with van der Waals surface area (Å²) < 4.78 is 3.82. The van der Waals surface area contributed by atoms with Crippen molar-refractivity contribution in [1.29, 1.82) is 0 Å². The van der Waals surface area contributed by atoms with Gasteiger partial charge in [-0.05, 0) is 33.1 Å². The summed E-state index contributed by atoms with van der Waals surface area (Å²) >= 11 is 5.13. The zero-order chi connectivity index (χ0) is 21.3. The van der Waals surface area contributed by atoms with E-state index in [2.05, 4.69) is 15.9 Å². The quantitative estimate of drug-likeness (QED) is 0.261. The van der Waals surface area contributed by atoms with Crippen LogP contribution in [-0.4, -0.2) is 27.3 Å². The van der Waals surface area contributed by atoms with Crippen LogP contribution < -0.4 is 0 Å². The second kappa shape index (κ2) is 8.41. The minimum atomic E-state index is -0.408. The number of non-ortho nitro benzene ring substituents is 1. The van der Waals surface area contributed by atoms with Gasteiger partial charge in [0, 0.05) is 37.6 Å². The van der Waals surface area contributed by atoms with Crippen LogP contribution in [0.5, 0.6) is 0 Å². The van der Waals surface area contributed by atoms with Gasteiger partial charge in [-0.3, -0.25) is 14.9 Å². The summed E-state index contributed by atoms with van der Waals surface area (Å²) in [6, 6.07) is 18.2. The zero-order valence-electron chi connectivity index (χ0n) is 16.1. The Labute approximate surface area is 185 Å². The van der Waals surface area contributed by atoms with Gasteiger partial charge in [0.2, 0.25) is 0 Å². The highest BCUT2D eigenvalue weighted by Crippen LogP contribution is 2.34. The van der Waals surface area contributed by atoms with Crippen LogP contribution in [0.25, 0.3) is 10.2 Å². The molecule has 0 atom stereocenters. The fourth-order valence-electron chi connectivity index (χ4n) is 3.45. The molecule has 0 bridgehead atoms. The Balaban J connectivity index is 1.71. The highest BCUT2D eigenvalue weighted by Gasteiger charge is 2.22. The molecule has 0 radical (unpaired) electrons. The molecule has 0 saturated heterocycles. The normalized spacial score (nSPS) is 11.0. The van der Waals surface area contributed by atoms with Crippen molar-refractivity contribution in [3.8, 4) is 0 Å². The predicted molar refractivity (Wildman–Crippen MR) is 122 cm³/mol. The lowest BCUT2D eigenvalue weighted by Gasteiger charge is -2.19. The number of benzene rings is 2. The largest absolute Gasteiger partial charge is 0.336 e. The molecule has 0 N–H and O–H groups in total. The Bertz CT molecular complexity index is 1230. The van der Waals surface area contributed by atoms with Gasteiger partial charge in [-0.15, -0.1) is 11.3 Å². The van der Waals surface area contributed by atoms with Crippen molar-refractivity contribution in [2.45, 2.75) is 13.1 Å². The third kappa shape index (κ3) is 4.01. The number of thiophene rings is 1. The molecule has 0 aliphatic rings. The van der Waals surface area contributed by atoms with Gasteiger partial charge in [-0.2, -0.15) is 0 Å². The molecule has 2 heterocycles. The lowest BCUT2D eigenvalue weighted by atomic mass is 10.2. The summed E-state index contributed by atoms with van der Waals surface area (Å²) in [7, 11) is 1.78. The van der Waals surface area contributed by atoms with E-state index >= 15 is 0 Å². The average molecular weight is 484 g/mol. The summed E-state index contributed by atoms with van der Waals surface area (Å²) in [6.45, 7) is 0.858. The molecule has 1 amide bonds. The summed E-state index contributed by atoms with van der Waals surface area (Å²) in [4.78, 5) is 25.7. The van der Waals surface area contributed by atoms with E-state index in [-0.39, 0.29) is 11.6 Å². The maximum atomic E-state index is 13.3. The molecular formula is C22H18BrN3O3S. The van der Waals surface area contributed by atoms with Gasteiger partial charge in [-0.1, -0.05) is 42.5 Å². The van der Waals surface area contributed by atoms with Crippen molar-refractivity contribution in [3.05, 3.63) is 97.5 Å². The molecule has 6 nitrogen and oxygen atoms in total. The van der Waals surface area contributed by atoms with Crippen LogP contribution in [0.2, 0.25) is 0 Å². The number of aromatic nitrogens is 1. The maximum Gasteiger partial charge on any atom is 0.270 e. The topological polar surface area (TPSA) is 68.4 Å². The number of carbonyl (C=O) groups is 1. The van der Waals surface area contributed by atoms with Gasteiger partial charge in [0.15, 0.2) is 0 Å². The lowest BCUT2D eigenvalue weighted by Crippen LogP contribution is -2.28. The van der Waals surface area contributed by atoms with Crippen LogP contribution in [-0.2, 0) is 13.1 Å². The smallest absolute Gasteiger partial charge is 0.270 e. The van der Waals surface area contributed by atoms with Crippen molar-refractivity contribution in [1.82, 2.24) is 9.47 Å². The van der Waals surface area contributed by atoms with Crippen LogP contribution in [0, 0.1) is 10.1 Å². The molecule has 4 rings (SSSR count). The van der Waals surface area contributed by atoms with Crippen LogP contribution in [0.4, 0.5) is 5.69 Å². The van der Waals surface area contributed by atoms with Crippen LogP contribution in [0.15, 0.2) is 70.5 Å². The minimum absolute atomic E-state index is 0.0364. The highest BCUT2D eigenvalue weighted by molar-refractivity contribution is 9.10. The molecular weight excluding hydrogens is 466 g/mol. The lowest BCUT2D eigenvalue weighted by molar-refractivity contribution is -0.384. The van der Waals surface area contributed by atoms with Gasteiger partial charge in [0.05, 0.1) is 19.6 Å². The van der Waals surface area contributed by atoms with Crippen molar-refractivity contribution in [3.63, 3.8) is 0 Å². The van der Waals surface area contributed by atoms with E-state index in [4.69, 9.17) is 0 Å². The maximum absolute atomic E-state index is 13.3. The molecule has 30 heavy (non-hydrogen) atoms. The Hall–Kier alpha value is -2.97. The fourth-order valence-corrected chi connectivity index (χ4v) is 5.14. The van der Waals surface area contributed by atoms with Crippen molar-refractivity contribution >= 4 is 49.1 Å². The van der Waals surface area contributed by atoms with Crippen LogP contribution >= 0.6 is 27.3 Å². The molecule has 2 aromatic heterocycles. The Morgan fingerprint density at radius 1 is 1.13 bits per heavy atom. The Kier molecular flexibility index (Phi) is 5.69. The predicted octanol–water partition coefficient (Wildman–Crippen LogP) is 5.69. The van der Waals surface area contributed by atoms with E-state index in [1.165, 1.54) is 6.07 Å². The third-order valence-electron chi connectivity index (χ3n) is 4.87. The molecule has 8 heteroatoms. The number of halogens is 1. The van der Waals surface area contributed by atoms with E-state index < -0.39 is 4.92 Å². The molecule has 2 aromatic carbocycles. The third-order valence-corrected chi connectivity index (χ3v) is 6.69. The van der Waals surface area contributed by atoms with E-state index in [1.807, 2.05) is 52.4 Å². The Morgan fingerprint density at radius 3 is 2.60 bits per heavy atom. The molecule has 0 unspecified atom stereocenters. The monoisotopic (exact) mass is 483 g/mol. The number of nitro groups is 1. The molecule has 152 valence electrons. The second-order valence-corrected chi connectivity index (χ2v) is 8.75. The number of nitro benzene ring substituents is 1. The molecule has 0 spiro atoms. The van der Waals surface area contributed by atoms with E-state index in [1.54, 1.807) is 35.4 Å². The van der Waals surface area contributed by atoms with Crippen molar-refractivity contribution < 1.29 is 9.72 Å². The minimum Gasteiger partial charge on any atom is -0.336 e. The van der Waals surface area contributed by atoms with E-state index in [0.717, 1.165) is 25.8 Å². The number of amides is 1. The second-order valence-electron chi connectivity index (χ2n) is 6.99. The van der Waals surface area contributed by atoms with E-state index in [9.17, 15) is 14.9 Å². The molecule has 0 saturated carbocycles. The first-order chi connectivity index (χ1) is 14.4. The summed E-state index contributed by atoms with van der Waals surface area (Å²) in [5.74, 6) is -0.0976. The molecule has 4 aromatic rings. The molecule has 0 aliphatic heterocycles.